The Kier molecular flexibility index (Phi) is 6.01. The van der Waals surface area contributed by atoms with E-state index < -0.39 is 0 Å². The fourth-order valence-corrected chi connectivity index (χ4v) is 3.34. The Morgan fingerprint density at radius 2 is 1.74 bits per heavy atom. The van der Waals surface area contributed by atoms with Crippen LogP contribution in [0.15, 0.2) is 46.9 Å². The van der Waals surface area contributed by atoms with E-state index in [1.54, 1.807) is 35.1 Å². The van der Waals surface area contributed by atoms with Crippen LogP contribution in [0.2, 0.25) is 0 Å². The van der Waals surface area contributed by atoms with E-state index in [0.717, 1.165) is 15.7 Å². The molecule has 0 atom stereocenters. The lowest BCUT2D eigenvalue weighted by Crippen LogP contribution is -2.51. The summed E-state index contributed by atoms with van der Waals surface area (Å²) in [6.45, 7) is 3.94. The van der Waals surface area contributed by atoms with Gasteiger partial charge in [0.1, 0.15) is 5.75 Å². The van der Waals surface area contributed by atoms with Gasteiger partial charge in [0.15, 0.2) is 0 Å². The summed E-state index contributed by atoms with van der Waals surface area (Å²) in [4.78, 5) is 28.7. The number of rotatable bonds is 3. The molecular formula is C20H22BrN3O3. The molecule has 0 spiro atoms. The Morgan fingerprint density at radius 1 is 1.04 bits per heavy atom. The second-order valence-corrected chi connectivity index (χ2v) is 7.32. The van der Waals surface area contributed by atoms with Crippen molar-refractivity contribution in [1.82, 2.24) is 9.80 Å². The second-order valence-electron chi connectivity index (χ2n) is 6.40. The number of amides is 3. The molecule has 1 fully saturated rings. The van der Waals surface area contributed by atoms with Crippen LogP contribution in [0.3, 0.4) is 0 Å². The third-order valence-electron chi connectivity index (χ3n) is 4.61. The van der Waals surface area contributed by atoms with E-state index >= 15 is 0 Å². The van der Waals surface area contributed by atoms with E-state index in [1.807, 2.05) is 31.2 Å². The Labute approximate surface area is 167 Å². The number of piperazine rings is 1. The number of aryl methyl sites for hydroxylation is 1. The Morgan fingerprint density at radius 3 is 2.44 bits per heavy atom. The Hall–Kier alpha value is -2.54. The van der Waals surface area contributed by atoms with Crippen LogP contribution in [-0.2, 0) is 0 Å². The highest BCUT2D eigenvalue weighted by atomic mass is 79.9. The largest absolute Gasteiger partial charge is 0.497 e. The first kappa shape index (κ1) is 19.2. The molecule has 6 nitrogen and oxygen atoms in total. The summed E-state index contributed by atoms with van der Waals surface area (Å²) >= 11 is 3.42. The number of carbonyl (C=O) groups is 2. The van der Waals surface area contributed by atoms with Gasteiger partial charge in [0.25, 0.3) is 5.91 Å². The molecule has 3 amide bonds. The number of anilines is 1. The number of carbonyl (C=O) groups excluding carboxylic acids is 2. The third kappa shape index (κ3) is 4.60. The van der Waals surface area contributed by atoms with Crippen LogP contribution >= 0.6 is 15.9 Å². The number of urea groups is 1. The predicted octanol–water partition coefficient (Wildman–Crippen LogP) is 3.76. The summed E-state index contributed by atoms with van der Waals surface area (Å²) in [6, 6.07) is 12.7. The molecule has 0 radical (unpaired) electrons. The predicted molar refractivity (Wildman–Crippen MR) is 108 cm³/mol. The fourth-order valence-electron chi connectivity index (χ4n) is 2.97. The van der Waals surface area contributed by atoms with E-state index in [-0.39, 0.29) is 11.9 Å². The van der Waals surface area contributed by atoms with Crippen LogP contribution in [0, 0.1) is 6.92 Å². The van der Waals surface area contributed by atoms with Crippen molar-refractivity contribution in [2.24, 2.45) is 0 Å². The second kappa shape index (κ2) is 8.43. The molecule has 142 valence electrons. The number of benzene rings is 2. The average molecular weight is 432 g/mol. The maximum Gasteiger partial charge on any atom is 0.321 e. The minimum atomic E-state index is -0.148. The SMILES string of the molecule is COc1cccc(C(=O)N2CCN(C(=O)Nc3cc(Br)ccc3C)CC2)c1. The van der Waals surface area contributed by atoms with E-state index in [1.165, 1.54) is 0 Å². The van der Waals surface area contributed by atoms with Gasteiger partial charge in [-0.1, -0.05) is 28.1 Å². The van der Waals surface area contributed by atoms with Gasteiger partial charge in [0.2, 0.25) is 0 Å². The van der Waals surface area contributed by atoms with Crippen molar-refractivity contribution in [3.63, 3.8) is 0 Å². The molecule has 0 unspecified atom stereocenters. The van der Waals surface area contributed by atoms with Gasteiger partial charge >= 0.3 is 6.03 Å². The van der Waals surface area contributed by atoms with Crippen LogP contribution in [-0.4, -0.2) is 55.0 Å². The van der Waals surface area contributed by atoms with Gasteiger partial charge in [-0.2, -0.15) is 0 Å². The molecule has 0 saturated carbocycles. The number of methoxy groups -OCH3 is 1. The maximum absolute atomic E-state index is 12.7. The van der Waals surface area contributed by atoms with Gasteiger partial charge in [-0.15, -0.1) is 0 Å². The van der Waals surface area contributed by atoms with Gasteiger partial charge in [0, 0.05) is 41.9 Å². The number of halogens is 1. The van der Waals surface area contributed by atoms with Gasteiger partial charge in [-0.05, 0) is 42.8 Å². The summed E-state index contributed by atoms with van der Waals surface area (Å²) in [5.41, 5.74) is 2.37. The molecule has 0 bridgehead atoms. The maximum atomic E-state index is 12.7. The first-order valence-corrected chi connectivity index (χ1v) is 9.52. The smallest absolute Gasteiger partial charge is 0.321 e. The summed E-state index contributed by atoms with van der Waals surface area (Å²) in [5.74, 6) is 0.611. The van der Waals surface area contributed by atoms with Crippen molar-refractivity contribution in [3.8, 4) is 5.75 Å². The fraction of sp³-hybridized carbons (Fsp3) is 0.300. The highest BCUT2D eigenvalue weighted by molar-refractivity contribution is 9.10. The van der Waals surface area contributed by atoms with Crippen molar-refractivity contribution >= 4 is 33.6 Å². The van der Waals surface area contributed by atoms with E-state index in [4.69, 9.17) is 4.74 Å². The molecule has 3 rings (SSSR count). The topological polar surface area (TPSA) is 61.9 Å². The highest BCUT2D eigenvalue weighted by Crippen LogP contribution is 2.21. The monoisotopic (exact) mass is 431 g/mol. The summed E-state index contributed by atoms with van der Waals surface area (Å²) in [7, 11) is 1.58. The van der Waals surface area contributed by atoms with Crippen LogP contribution in [0.1, 0.15) is 15.9 Å². The number of nitrogens with one attached hydrogen (secondary N) is 1. The summed E-state index contributed by atoms with van der Waals surface area (Å²) in [6.07, 6.45) is 0. The molecule has 1 aliphatic rings. The normalized spacial score (nSPS) is 14.0. The van der Waals surface area contributed by atoms with Gasteiger partial charge < -0.3 is 19.9 Å². The zero-order chi connectivity index (χ0) is 19.4. The zero-order valence-electron chi connectivity index (χ0n) is 15.4. The Bertz CT molecular complexity index is 848. The summed E-state index contributed by atoms with van der Waals surface area (Å²) < 4.78 is 6.09. The standard InChI is InChI=1S/C20H22BrN3O3/c1-14-6-7-16(21)13-18(14)22-20(26)24-10-8-23(9-11-24)19(25)15-4-3-5-17(12-15)27-2/h3-7,12-13H,8-11H2,1-2H3,(H,22,26). The molecule has 2 aromatic carbocycles. The van der Waals surface area contributed by atoms with Crippen LogP contribution in [0.25, 0.3) is 0 Å². The van der Waals surface area contributed by atoms with Crippen molar-refractivity contribution in [3.05, 3.63) is 58.1 Å². The lowest BCUT2D eigenvalue weighted by Gasteiger charge is -2.35. The van der Waals surface area contributed by atoms with Crippen molar-refractivity contribution in [2.75, 3.05) is 38.6 Å². The minimum Gasteiger partial charge on any atom is -0.497 e. The lowest BCUT2D eigenvalue weighted by molar-refractivity contribution is 0.0671. The molecule has 0 aromatic heterocycles. The van der Waals surface area contributed by atoms with Crippen LogP contribution < -0.4 is 10.1 Å². The molecule has 1 saturated heterocycles. The van der Waals surface area contributed by atoms with E-state index in [2.05, 4.69) is 21.2 Å². The van der Waals surface area contributed by atoms with E-state index in [0.29, 0.717) is 37.5 Å². The molecule has 1 heterocycles. The number of nitrogens with zero attached hydrogens (tertiary/aromatic N) is 2. The van der Waals surface area contributed by atoms with E-state index in [9.17, 15) is 9.59 Å². The first-order valence-electron chi connectivity index (χ1n) is 8.73. The molecule has 7 heteroatoms. The quantitative estimate of drug-likeness (QED) is 0.804. The number of ether oxygens (including phenoxy) is 1. The van der Waals surface area contributed by atoms with Crippen molar-refractivity contribution in [2.45, 2.75) is 6.92 Å². The molecule has 1 N–H and O–H groups in total. The highest BCUT2D eigenvalue weighted by Gasteiger charge is 2.25. The van der Waals surface area contributed by atoms with Crippen LogP contribution in [0.4, 0.5) is 10.5 Å². The number of hydrogen-bond donors (Lipinski definition) is 1. The van der Waals surface area contributed by atoms with Crippen molar-refractivity contribution < 1.29 is 14.3 Å². The van der Waals surface area contributed by atoms with Crippen LogP contribution in [0.5, 0.6) is 5.75 Å². The average Bonchev–Trinajstić information content (AvgIpc) is 2.70. The summed E-state index contributed by atoms with van der Waals surface area (Å²) in [5, 5.41) is 2.95. The third-order valence-corrected chi connectivity index (χ3v) is 5.11. The van der Waals surface area contributed by atoms with Gasteiger partial charge in [0.05, 0.1) is 7.11 Å². The van der Waals surface area contributed by atoms with Crippen molar-refractivity contribution in [1.29, 1.82) is 0 Å². The molecular weight excluding hydrogens is 410 g/mol. The molecule has 1 aliphatic heterocycles. The van der Waals surface area contributed by atoms with Gasteiger partial charge in [-0.3, -0.25) is 4.79 Å². The first-order chi connectivity index (χ1) is 13.0. The minimum absolute atomic E-state index is 0.0446. The lowest BCUT2D eigenvalue weighted by atomic mass is 10.1. The number of hydrogen-bond acceptors (Lipinski definition) is 3. The van der Waals surface area contributed by atoms with Gasteiger partial charge in [-0.25, -0.2) is 4.79 Å². The molecule has 27 heavy (non-hydrogen) atoms. The Balaban J connectivity index is 1.58. The zero-order valence-corrected chi connectivity index (χ0v) is 17.0. The molecule has 0 aliphatic carbocycles. The molecule has 2 aromatic rings.